The Bertz CT molecular complexity index is 401. The Morgan fingerprint density at radius 3 is 2.56 bits per heavy atom. The van der Waals surface area contributed by atoms with Gasteiger partial charge in [-0.25, -0.2) is 0 Å². The van der Waals surface area contributed by atoms with Crippen molar-refractivity contribution in [2.45, 2.75) is 13.0 Å². The number of nitrogens with zero attached hydrogens (tertiary/aromatic N) is 1. The van der Waals surface area contributed by atoms with Crippen LogP contribution in [0.3, 0.4) is 0 Å². The Hall–Kier alpha value is -1.07. The number of halogens is 1. The lowest BCUT2D eigenvalue weighted by Crippen LogP contribution is -2.46. The highest BCUT2D eigenvalue weighted by molar-refractivity contribution is 9.10. The van der Waals surface area contributed by atoms with Crippen LogP contribution in [-0.4, -0.2) is 43.2 Å². The maximum atomic E-state index is 12.1. The standard InChI is InChI=1S/C13H16BrNO3/c1-10(13(16)15-6-8-17-9-7-15)18-12-4-2-11(14)3-5-12/h2-5,10H,6-9H2,1H3/t10-/m1/s1. The van der Waals surface area contributed by atoms with E-state index < -0.39 is 6.10 Å². The van der Waals surface area contributed by atoms with Crippen LogP contribution in [0.2, 0.25) is 0 Å². The van der Waals surface area contributed by atoms with Gasteiger partial charge in [-0.3, -0.25) is 4.79 Å². The lowest BCUT2D eigenvalue weighted by Gasteiger charge is -2.29. The zero-order chi connectivity index (χ0) is 13.0. The summed E-state index contributed by atoms with van der Waals surface area (Å²) in [4.78, 5) is 13.9. The summed E-state index contributed by atoms with van der Waals surface area (Å²) in [5, 5.41) is 0. The van der Waals surface area contributed by atoms with Crippen molar-refractivity contribution in [3.63, 3.8) is 0 Å². The maximum absolute atomic E-state index is 12.1. The van der Waals surface area contributed by atoms with Crippen LogP contribution in [0.1, 0.15) is 6.92 Å². The van der Waals surface area contributed by atoms with Crippen LogP contribution in [0.25, 0.3) is 0 Å². The lowest BCUT2D eigenvalue weighted by molar-refractivity contribution is -0.142. The summed E-state index contributed by atoms with van der Waals surface area (Å²) in [6, 6.07) is 7.46. The molecule has 0 radical (unpaired) electrons. The van der Waals surface area contributed by atoms with E-state index in [1.165, 1.54) is 0 Å². The molecule has 1 fully saturated rings. The predicted octanol–water partition coefficient (Wildman–Crippen LogP) is 2.08. The zero-order valence-corrected chi connectivity index (χ0v) is 11.9. The van der Waals surface area contributed by atoms with Gasteiger partial charge in [0.25, 0.3) is 5.91 Å². The number of benzene rings is 1. The minimum absolute atomic E-state index is 0.0150. The largest absolute Gasteiger partial charge is 0.481 e. The molecule has 1 aromatic rings. The normalized spacial score (nSPS) is 17.3. The number of carbonyl (C=O) groups excluding carboxylic acids is 1. The Balaban J connectivity index is 1.92. The highest BCUT2D eigenvalue weighted by Crippen LogP contribution is 2.18. The van der Waals surface area contributed by atoms with Crippen LogP contribution in [0.5, 0.6) is 5.75 Å². The molecule has 0 aliphatic carbocycles. The van der Waals surface area contributed by atoms with Gasteiger partial charge in [-0.2, -0.15) is 0 Å². The highest BCUT2D eigenvalue weighted by atomic mass is 79.9. The Labute approximate surface area is 115 Å². The molecular weight excluding hydrogens is 298 g/mol. The summed E-state index contributed by atoms with van der Waals surface area (Å²) in [5.74, 6) is 0.716. The van der Waals surface area contributed by atoms with E-state index in [-0.39, 0.29) is 5.91 Å². The second-order valence-electron chi connectivity index (χ2n) is 4.15. The molecule has 1 aliphatic heterocycles. The van der Waals surface area contributed by atoms with E-state index in [2.05, 4.69) is 15.9 Å². The number of amides is 1. The molecule has 1 saturated heterocycles. The number of rotatable bonds is 3. The van der Waals surface area contributed by atoms with Crippen molar-refractivity contribution in [2.75, 3.05) is 26.3 Å². The number of carbonyl (C=O) groups is 1. The van der Waals surface area contributed by atoms with Crippen LogP contribution in [0.15, 0.2) is 28.7 Å². The molecule has 1 amide bonds. The zero-order valence-electron chi connectivity index (χ0n) is 10.3. The molecule has 1 heterocycles. The van der Waals surface area contributed by atoms with E-state index in [1.807, 2.05) is 24.3 Å². The summed E-state index contributed by atoms with van der Waals surface area (Å²) in [5.41, 5.74) is 0. The number of hydrogen-bond acceptors (Lipinski definition) is 3. The molecule has 1 aromatic carbocycles. The van der Waals surface area contributed by atoms with E-state index in [1.54, 1.807) is 11.8 Å². The fourth-order valence-corrected chi connectivity index (χ4v) is 2.07. The Morgan fingerprint density at radius 2 is 1.94 bits per heavy atom. The first kappa shape index (κ1) is 13.4. The minimum atomic E-state index is -0.468. The van der Waals surface area contributed by atoms with Crippen molar-refractivity contribution in [2.24, 2.45) is 0 Å². The van der Waals surface area contributed by atoms with Crippen LogP contribution in [0, 0.1) is 0 Å². The molecule has 0 aromatic heterocycles. The second-order valence-corrected chi connectivity index (χ2v) is 5.07. The first-order chi connectivity index (χ1) is 8.66. The van der Waals surface area contributed by atoms with Gasteiger partial charge in [-0.05, 0) is 31.2 Å². The number of ether oxygens (including phenoxy) is 2. The van der Waals surface area contributed by atoms with Crippen LogP contribution < -0.4 is 4.74 Å². The fraction of sp³-hybridized carbons (Fsp3) is 0.462. The van der Waals surface area contributed by atoms with Crippen LogP contribution in [0.4, 0.5) is 0 Å². The summed E-state index contributed by atoms with van der Waals surface area (Å²) < 4.78 is 11.8. The smallest absolute Gasteiger partial charge is 0.263 e. The summed E-state index contributed by atoms with van der Waals surface area (Å²) in [7, 11) is 0. The van der Waals surface area contributed by atoms with Crippen LogP contribution >= 0.6 is 15.9 Å². The molecule has 0 unspecified atom stereocenters. The van der Waals surface area contributed by atoms with E-state index >= 15 is 0 Å². The molecule has 0 bridgehead atoms. The third-order valence-corrected chi connectivity index (χ3v) is 3.33. The third-order valence-electron chi connectivity index (χ3n) is 2.80. The van der Waals surface area contributed by atoms with Gasteiger partial charge >= 0.3 is 0 Å². The van der Waals surface area contributed by atoms with Gasteiger partial charge in [-0.1, -0.05) is 15.9 Å². The van der Waals surface area contributed by atoms with Gasteiger partial charge in [-0.15, -0.1) is 0 Å². The maximum Gasteiger partial charge on any atom is 0.263 e. The third kappa shape index (κ3) is 3.46. The summed E-state index contributed by atoms with van der Waals surface area (Å²) in [6.07, 6.45) is -0.468. The van der Waals surface area contributed by atoms with E-state index in [0.29, 0.717) is 32.1 Å². The van der Waals surface area contributed by atoms with Gasteiger partial charge in [0, 0.05) is 17.6 Å². The van der Waals surface area contributed by atoms with E-state index in [4.69, 9.17) is 9.47 Å². The van der Waals surface area contributed by atoms with Crippen molar-refractivity contribution in [1.82, 2.24) is 4.90 Å². The molecule has 0 N–H and O–H groups in total. The molecule has 2 rings (SSSR count). The van der Waals surface area contributed by atoms with Gasteiger partial charge < -0.3 is 14.4 Å². The molecule has 18 heavy (non-hydrogen) atoms. The molecule has 98 valence electrons. The number of hydrogen-bond donors (Lipinski definition) is 0. The van der Waals surface area contributed by atoms with Crippen LogP contribution in [-0.2, 0) is 9.53 Å². The topological polar surface area (TPSA) is 38.8 Å². The second kappa shape index (κ2) is 6.20. The van der Waals surface area contributed by atoms with Crippen molar-refractivity contribution < 1.29 is 14.3 Å². The first-order valence-electron chi connectivity index (χ1n) is 5.95. The monoisotopic (exact) mass is 313 g/mol. The molecular formula is C13H16BrNO3. The lowest BCUT2D eigenvalue weighted by atomic mass is 10.3. The Kier molecular flexibility index (Phi) is 4.60. The van der Waals surface area contributed by atoms with Gasteiger partial charge in [0.15, 0.2) is 6.10 Å². The van der Waals surface area contributed by atoms with E-state index in [0.717, 1.165) is 4.47 Å². The summed E-state index contributed by atoms with van der Waals surface area (Å²) in [6.45, 7) is 4.28. The van der Waals surface area contributed by atoms with Crippen molar-refractivity contribution >= 4 is 21.8 Å². The molecule has 0 saturated carbocycles. The quantitative estimate of drug-likeness (QED) is 0.857. The summed E-state index contributed by atoms with van der Waals surface area (Å²) >= 11 is 3.36. The Morgan fingerprint density at radius 1 is 1.33 bits per heavy atom. The molecule has 1 atom stereocenters. The van der Waals surface area contributed by atoms with Crippen molar-refractivity contribution in [1.29, 1.82) is 0 Å². The molecule has 0 spiro atoms. The van der Waals surface area contributed by atoms with Gasteiger partial charge in [0.1, 0.15) is 5.75 Å². The average Bonchev–Trinajstić information content (AvgIpc) is 2.41. The van der Waals surface area contributed by atoms with E-state index in [9.17, 15) is 4.79 Å². The highest BCUT2D eigenvalue weighted by Gasteiger charge is 2.23. The van der Waals surface area contributed by atoms with Crippen molar-refractivity contribution in [3.8, 4) is 5.75 Å². The molecule has 4 nitrogen and oxygen atoms in total. The first-order valence-corrected chi connectivity index (χ1v) is 6.75. The SMILES string of the molecule is C[C@@H](Oc1ccc(Br)cc1)C(=O)N1CCOCC1. The van der Waals surface area contributed by atoms with Gasteiger partial charge in [0.05, 0.1) is 13.2 Å². The van der Waals surface area contributed by atoms with Crippen molar-refractivity contribution in [3.05, 3.63) is 28.7 Å². The fourth-order valence-electron chi connectivity index (χ4n) is 1.81. The van der Waals surface area contributed by atoms with Gasteiger partial charge in [0.2, 0.25) is 0 Å². The minimum Gasteiger partial charge on any atom is -0.481 e. The predicted molar refractivity (Wildman–Crippen MR) is 71.6 cm³/mol. The molecule has 5 heteroatoms. The average molecular weight is 314 g/mol. The number of morpholine rings is 1. The molecule has 1 aliphatic rings.